The van der Waals surface area contributed by atoms with E-state index in [1.807, 2.05) is 29.8 Å². The van der Waals surface area contributed by atoms with E-state index < -0.39 is 0 Å². The van der Waals surface area contributed by atoms with Crippen LogP contribution >= 0.6 is 12.4 Å². The van der Waals surface area contributed by atoms with Gasteiger partial charge in [0.05, 0.1) is 18.8 Å². The van der Waals surface area contributed by atoms with Crippen molar-refractivity contribution < 1.29 is 9.53 Å². The third-order valence-electron chi connectivity index (χ3n) is 4.34. The van der Waals surface area contributed by atoms with E-state index in [0.29, 0.717) is 18.3 Å². The van der Waals surface area contributed by atoms with Gasteiger partial charge in [0, 0.05) is 5.69 Å². The zero-order valence-electron chi connectivity index (χ0n) is 15.2. The number of amides is 1. The molecule has 26 heavy (non-hydrogen) atoms. The molecule has 0 atom stereocenters. The van der Waals surface area contributed by atoms with Crippen LogP contribution in [0.15, 0.2) is 24.4 Å². The molecule has 0 unspecified atom stereocenters. The first-order chi connectivity index (χ1) is 12.2. The maximum absolute atomic E-state index is 12.4. The monoisotopic (exact) mass is 379 g/mol. The number of rotatable bonds is 6. The number of aromatic nitrogens is 3. The zero-order valence-corrected chi connectivity index (χ0v) is 16.0. The van der Waals surface area contributed by atoms with Crippen LogP contribution in [0.25, 0.3) is 0 Å². The lowest BCUT2D eigenvalue weighted by Gasteiger charge is -2.22. The number of piperidine rings is 1. The summed E-state index contributed by atoms with van der Waals surface area (Å²) in [5.74, 6) is 0.569. The first kappa shape index (κ1) is 20.2. The van der Waals surface area contributed by atoms with Crippen LogP contribution in [0.2, 0.25) is 0 Å². The average molecular weight is 380 g/mol. The number of benzene rings is 1. The van der Waals surface area contributed by atoms with Crippen molar-refractivity contribution in [1.29, 1.82) is 0 Å². The Bertz CT molecular complexity index is 728. The quantitative estimate of drug-likeness (QED) is 0.806. The van der Waals surface area contributed by atoms with E-state index >= 15 is 0 Å². The lowest BCUT2D eigenvalue weighted by molar-refractivity contribution is 0.102. The van der Waals surface area contributed by atoms with Gasteiger partial charge in [-0.15, -0.1) is 17.5 Å². The summed E-state index contributed by atoms with van der Waals surface area (Å²) in [5.41, 5.74) is 2.04. The maximum Gasteiger partial charge on any atom is 0.277 e. The number of nitrogens with one attached hydrogen (secondary N) is 2. The molecule has 0 saturated carbocycles. The van der Waals surface area contributed by atoms with Gasteiger partial charge < -0.3 is 15.4 Å². The molecule has 7 nitrogen and oxygen atoms in total. The van der Waals surface area contributed by atoms with Gasteiger partial charge in [-0.2, -0.15) is 0 Å². The van der Waals surface area contributed by atoms with Gasteiger partial charge >= 0.3 is 0 Å². The number of hydrogen-bond donors (Lipinski definition) is 2. The minimum atomic E-state index is -0.245. The van der Waals surface area contributed by atoms with Crippen molar-refractivity contribution >= 4 is 24.0 Å². The predicted octanol–water partition coefficient (Wildman–Crippen LogP) is 2.97. The molecule has 0 spiro atoms. The summed E-state index contributed by atoms with van der Waals surface area (Å²) in [5, 5.41) is 14.4. The van der Waals surface area contributed by atoms with Crippen LogP contribution < -0.4 is 15.4 Å². The highest BCUT2D eigenvalue weighted by Crippen LogP contribution is 2.22. The lowest BCUT2D eigenvalue weighted by atomic mass is 10.1. The number of anilines is 1. The fourth-order valence-electron chi connectivity index (χ4n) is 2.90. The Balaban J connectivity index is 0.00000243. The van der Waals surface area contributed by atoms with Crippen molar-refractivity contribution in [2.75, 3.05) is 25.0 Å². The van der Waals surface area contributed by atoms with Crippen LogP contribution in [0.5, 0.6) is 5.75 Å². The van der Waals surface area contributed by atoms with Crippen LogP contribution in [0.3, 0.4) is 0 Å². The summed E-state index contributed by atoms with van der Waals surface area (Å²) in [6, 6.07) is 5.96. The van der Waals surface area contributed by atoms with Crippen LogP contribution in [-0.4, -0.2) is 40.6 Å². The van der Waals surface area contributed by atoms with Gasteiger partial charge in [0.2, 0.25) is 0 Å². The molecular weight excluding hydrogens is 354 g/mol. The van der Waals surface area contributed by atoms with Crippen molar-refractivity contribution in [3.63, 3.8) is 0 Å². The molecule has 0 bridgehead atoms. The predicted molar refractivity (Wildman–Crippen MR) is 103 cm³/mol. The Morgan fingerprint density at radius 2 is 2.15 bits per heavy atom. The second-order valence-corrected chi connectivity index (χ2v) is 6.34. The number of carbonyl (C=O) groups is 1. The SMILES string of the molecule is CCCOc1ccc(NC(=O)c2cn(C3CCNCC3)nn2)c(C)c1.Cl. The van der Waals surface area contributed by atoms with E-state index in [2.05, 4.69) is 27.9 Å². The standard InChI is InChI=1S/C18H25N5O2.ClH/c1-3-10-25-15-4-5-16(13(2)11-15)20-18(24)17-12-23(22-21-17)14-6-8-19-9-7-14;/h4-5,11-12,14,19H,3,6-10H2,1-2H3,(H,20,24);1H. The average Bonchev–Trinajstić information content (AvgIpc) is 3.13. The van der Waals surface area contributed by atoms with Gasteiger partial charge in [0.25, 0.3) is 5.91 Å². The molecule has 3 rings (SSSR count). The second kappa shape index (κ2) is 9.54. The molecule has 1 aliphatic heterocycles. The maximum atomic E-state index is 12.4. The van der Waals surface area contributed by atoms with Gasteiger partial charge in [-0.3, -0.25) is 4.79 Å². The van der Waals surface area contributed by atoms with Gasteiger partial charge in [0.15, 0.2) is 5.69 Å². The minimum absolute atomic E-state index is 0. The van der Waals surface area contributed by atoms with Crippen LogP contribution in [0.1, 0.15) is 48.3 Å². The van der Waals surface area contributed by atoms with Gasteiger partial charge in [-0.05, 0) is 63.0 Å². The fraction of sp³-hybridized carbons (Fsp3) is 0.500. The topological polar surface area (TPSA) is 81.1 Å². The van der Waals surface area contributed by atoms with Crippen LogP contribution in [-0.2, 0) is 0 Å². The molecule has 1 aromatic carbocycles. The normalized spacial score (nSPS) is 14.5. The number of carbonyl (C=O) groups excluding carboxylic acids is 1. The van der Waals surface area contributed by atoms with E-state index in [4.69, 9.17) is 4.74 Å². The number of nitrogens with zero attached hydrogens (tertiary/aromatic N) is 3. The third-order valence-corrected chi connectivity index (χ3v) is 4.34. The molecule has 2 N–H and O–H groups in total. The van der Waals surface area contributed by atoms with E-state index in [0.717, 1.165) is 49.4 Å². The number of halogens is 1. The van der Waals surface area contributed by atoms with E-state index in [-0.39, 0.29) is 18.3 Å². The molecule has 1 amide bonds. The highest BCUT2D eigenvalue weighted by molar-refractivity contribution is 6.03. The van der Waals surface area contributed by atoms with E-state index in [9.17, 15) is 4.79 Å². The van der Waals surface area contributed by atoms with Crippen molar-refractivity contribution in [3.8, 4) is 5.75 Å². The minimum Gasteiger partial charge on any atom is -0.494 e. The van der Waals surface area contributed by atoms with Crippen molar-refractivity contribution in [1.82, 2.24) is 20.3 Å². The zero-order chi connectivity index (χ0) is 17.6. The summed E-state index contributed by atoms with van der Waals surface area (Å²) in [6.07, 6.45) is 4.70. The molecule has 8 heteroatoms. The first-order valence-electron chi connectivity index (χ1n) is 8.84. The molecule has 142 valence electrons. The van der Waals surface area contributed by atoms with Crippen molar-refractivity contribution in [2.45, 2.75) is 39.2 Å². The largest absolute Gasteiger partial charge is 0.494 e. The Kier molecular flexibility index (Phi) is 7.41. The molecule has 1 fully saturated rings. The fourth-order valence-corrected chi connectivity index (χ4v) is 2.90. The molecule has 2 aromatic rings. The molecule has 1 aromatic heterocycles. The third kappa shape index (κ3) is 4.95. The Morgan fingerprint density at radius 1 is 1.38 bits per heavy atom. The summed E-state index contributed by atoms with van der Waals surface area (Å²) < 4.78 is 7.42. The number of aryl methyl sites for hydroxylation is 1. The van der Waals surface area contributed by atoms with Crippen molar-refractivity contribution in [2.24, 2.45) is 0 Å². The van der Waals surface area contributed by atoms with E-state index in [1.165, 1.54) is 0 Å². The highest BCUT2D eigenvalue weighted by Gasteiger charge is 2.19. The second-order valence-electron chi connectivity index (χ2n) is 6.34. The Hall–Kier alpha value is -2.12. The summed E-state index contributed by atoms with van der Waals surface area (Å²) >= 11 is 0. The number of ether oxygens (including phenoxy) is 1. The molecule has 0 radical (unpaired) electrons. The highest BCUT2D eigenvalue weighted by atomic mass is 35.5. The molecule has 2 heterocycles. The number of hydrogen-bond acceptors (Lipinski definition) is 5. The molecule has 1 aliphatic rings. The van der Waals surface area contributed by atoms with Gasteiger partial charge in [0.1, 0.15) is 5.75 Å². The van der Waals surface area contributed by atoms with Gasteiger partial charge in [-0.25, -0.2) is 4.68 Å². The first-order valence-corrected chi connectivity index (χ1v) is 8.84. The van der Waals surface area contributed by atoms with Crippen LogP contribution in [0, 0.1) is 6.92 Å². The summed E-state index contributed by atoms with van der Waals surface area (Å²) in [7, 11) is 0. The smallest absolute Gasteiger partial charge is 0.277 e. The summed E-state index contributed by atoms with van der Waals surface area (Å²) in [4.78, 5) is 12.4. The van der Waals surface area contributed by atoms with Crippen LogP contribution in [0.4, 0.5) is 5.69 Å². The van der Waals surface area contributed by atoms with E-state index in [1.54, 1.807) is 6.20 Å². The van der Waals surface area contributed by atoms with Crippen molar-refractivity contribution in [3.05, 3.63) is 35.7 Å². The molecule has 0 aliphatic carbocycles. The Labute approximate surface area is 159 Å². The molecule has 1 saturated heterocycles. The van der Waals surface area contributed by atoms with Gasteiger partial charge in [-0.1, -0.05) is 12.1 Å². The Morgan fingerprint density at radius 3 is 2.85 bits per heavy atom. The molecular formula is C18H26ClN5O2. The lowest BCUT2D eigenvalue weighted by Crippen LogP contribution is -2.29. The summed E-state index contributed by atoms with van der Waals surface area (Å²) in [6.45, 7) is 6.64.